The highest BCUT2D eigenvalue weighted by molar-refractivity contribution is 6.18. The van der Waals surface area contributed by atoms with E-state index in [0.717, 1.165) is 24.5 Å². The molecule has 0 saturated carbocycles. The van der Waals surface area contributed by atoms with Crippen molar-refractivity contribution < 1.29 is 0 Å². The Balaban J connectivity index is 2.00. The van der Waals surface area contributed by atoms with Gasteiger partial charge in [0.1, 0.15) is 0 Å². The number of alkyl halides is 1. The van der Waals surface area contributed by atoms with E-state index in [4.69, 9.17) is 11.6 Å². The third-order valence-electron chi connectivity index (χ3n) is 3.37. The Kier molecular flexibility index (Phi) is 2.85. The molecule has 88 valence electrons. The summed E-state index contributed by atoms with van der Waals surface area (Å²) in [4.78, 5) is 2.37. The number of halogens is 1. The van der Waals surface area contributed by atoms with Crippen LogP contribution in [-0.4, -0.2) is 29.2 Å². The van der Waals surface area contributed by atoms with E-state index in [1.54, 1.807) is 0 Å². The molecule has 17 heavy (non-hydrogen) atoms. The van der Waals surface area contributed by atoms with Crippen LogP contribution < -0.4 is 4.90 Å². The van der Waals surface area contributed by atoms with Crippen LogP contribution in [0.1, 0.15) is 6.42 Å². The lowest BCUT2D eigenvalue weighted by molar-refractivity contribution is 0.667. The maximum Gasteiger partial charge on any atom is 0.0950 e. The molecule has 0 aliphatic carbocycles. The molecule has 1 fully saturated rings. The van der Waals surface area contributed by atoms with Crippen LogP contribution in [0.25, 0.3) is 10.9 Å². The van der Waals surface area contributed by atoms with Crippen LogP contribution in [0.2, 0.25) is 0 Å². The highest BCUT2D eigenvalue weighted by Crippen LogP contribution is 2.29. The molecule has 0 N–H and O–H groups in total. The third-order valence-corrected chi connectivity index (χ3v) is 3.81. The van der Waals surface area contributed by atoms with Crippen molar-refractivity contribution in [3.05, 3.63) is 30.5 Å². The van der Waals surface area contributed by atoms with Crippen LogP contribution in [0, 0.1) is 5.92 Å². The van der Waals surface area contributed by atoms with Gasteiger partial charge >= 0.3 is 0 Å². The van der Waals surface area contributed by atoms with Crippen molar-refractivity contribution in [3.63, 3.8) is 0 Å². The zero-order valence-electron chi connectivity index (χ0n) is 9.51. The van der Waals surface area contributed by atoms with E-state index in [2.05, 4.69) is 21.2 Å². The number of hydrogen-bond donors (Lipinski definition) is 0. The van der Waals surface area contributed by atoms with Gasteiger partial charge in [-0.15, -0.1) is 11.6 Å². The monoisotopic (exact) mass is 247 g/mol. The number of anilines is 1. The molecule has 1 saturated heterocycles. The summed E-state index contributed by atoms with van der Waals surface area (Å²) >= 11 is 5.92. The van der Waals surface area contributed by atoms with Gasteiger partial charge in [0.25, 0.3) is 0 Å². The van der Waals surface area contributed by atoms with Gasteiger partial charge in [-0.3, -0.25) is 0 Å². The maximum absolute atomic E-state index is 5.92. The second-order valence-electron chi connectivity index (χ2n) is 4.50. The molecule has 0 amide bonds. The molecular weight excluding hydrogens is 234 g/mol. The third kappa shape index (κ3) is 1.95. The molecule has 1 aromatic heterocycles. The van der Waals surface area contributed by atoms with Crippen molar-refractivity contribution in [1.29, 1.82) is 0 Å². The molecular formula is C13H14ClN3. The lowest BCUT2D eigenvalue weighted by Gasteiger charge is -2.19. The zero-order valence-corrected chi connectivity index (χ0v) is 10.3. The fourth-order valence-corrected chi connectivity index (χ4v) is 2.67. The lowest BCUT2D eigenvalue weighted by atomic mass is 10.1. The van der Waals surface area contributed by atoms with Crippen molar-refractivity contribution in [1.82, 2.24) is 10.2 Å². The smallest absolute Gasteiger partial charge is 0.0950 e. The Morgan fingerprint density at radius 1 is 1.35 bits per heavy atom. The van der Waals surface area contributed by atoms with Gasteiger partial charge in [0.05, 0.1) is 17.4 Å². The van der Waals surface area contributed by atoms with Crippen LogP contribution in [0.4, 0.5) is 5.69 Å². The predicted molar refractivity (Wildman–Crippen MR) is 70.6 cm³/mol. The van der Waals surface area contributed by atoms with Crippen molar-refractivity contribution >= 4 is 28.2 Å². The van der Waals surface area contributed by atoms with Crippen LogP contribution in [0.15, 0.2) is 30.5 Å². The maximum atomic E-state index is 5.92. The summed E-state index contributed by atoms with van der Waals surface area (Å²) in [5.74, 6) is 1.34. The highest BCUT2D eigenvalue weighted by Gasteiger charge is 2.23. The number of fused-ring (bicyclic) bond motifs is 1. The molecule has 0 bridgehead atoms. The molecule has 1 aliphatic rings. The van der Waals surface area contributed by atoms with E-state index in [1.807, 2.05) is 24.4 Å². The van der Waals surface area contributed by atoms with E-state index >= 15 is 0 Å². The first kappa shape index (κ1) is 10.8. The SMILES string of the molecule is ClCC1CCN(c2cnnc3ccccc23)C1. The summed E-state index contributed by atoms with van der Waals surface area (Å²) in [5.41, 5.74) is 2.14. The first-order chi connectivity index (χ1) is 8.38. The average Bonchev–Trinajstić information content (AvgIpc) is 2.87. The molecule has 1 aliphatic heterocycles. The van der Waals surface area contributed by atoms with Gasteiger partial charge in [-0.1, -0.05) is 18.2 Å². The van der Waals surface area contributed by atoms with Crippen LogP contribution in [-0.2, 0) is 0 Å². The minimum absolute atomic E-state index is 0.601. The molecule has 2 aromatic rings. The summed E-state index contributed by atoms with van der Waals surface area (Å²) in [5, 5.41) is 9.41. The summed E-state index contributed by atoms with van der Waals surface area (Å²) in [7, 11) is 0. The largest absolute Gasteiger partial charge is 0.369 e. The summed E-state index contributed by atoms with van der Waals surface area (Å²) in [6.07, 6.45) is 3.03. The number of hydrogen-bond acceptors (Lipinski definition) is 3. The van der Waals surface area contributed by atoms with Crippen molar-refractivity contribution in [3.8, 4) is 0 Å². The minimum Gasteiger partial charge on any atom is -0.369 e. The fraction of sp³-hybridized carbons (Fsp3) is 0.385. The molecule has 4 heteroatoms. The Labute approximate surface area is 105 Å². The van der Waals surface area contributed by atoms with Crippen LogP contribution >= 0.6 is 11.6 Å². The van der Waals surface area contributed by atoms with Crippen molar-refractivity contribution in [2.75, 3.05) is 23.9 Å². The Morgan fingerprint density at radius 2 is 2.24 bits per heavy atom. The van der Waals surface area contributed by atoms with Gasteiger partial charge in [-0.2, -0.15) is 10.2 Å². The normalized spacial score (nSPS) is 20.1. The first-order valence-electron chi connectivity index (χ1n) is 5.90. The number of aromatic nitrogens is 2. The standard InChI is InChI=1S/C13H14ClN3/c14-7-10-5-6-17(9-10)13-8-15-16-12-4-2-1-3-11(12)13/h1-4,8,10H,5-7,9H2. The summed E-state index contributed by atoms with van der Waals surface area (Å²) < 4.78 is 0. The molecule has 3 rings (SSSR count). The molecule has 1 unspecified atom stereocenters. The fourth-order valence-electron chi connectivity index (χ4n) is 2.42. The van der Waals surface area contributed by atoms with Gasteiger partial charge < -0.3 is 4.90 Å². The van der Waals surface area contributed by atoms with Gasteiger partial charge in [0.15, 0.2) is 0 Å². The summed E-state index contributed by atoms with van der Waals surface area (Å²) in [6, 6.07) is 8.14. The number of rotatable bonds is 2. The van der Waals surface area contributed by atoms with E-state index in [9.17, 15) is 0 Å². The zero-order chi connectivity index (χ0) is 11.7. The second kappa shape index (κ2) is 4.49. The van der Waals surface area contributed by atoms with Gasteiger partial charge in [0, 0.05) is 24.4 Å². The van der Waals surface area contributed by atoms with E-state index in [-0.39, 0.29) is 0 Å². The molecule has 3 nitrogen and oxygen atoms in total. The second-order valence-corrected chi connectivity index (χ2v) is 4.81. The number of benzene rings is 1. The van der Waals surface area contributed by atoms with E-state index in [0.29, 0.717) is 5.92 Å². The van der Waals surface area contributed by atoms with Crippen LogP contribution in [0.3, 0.4) is 0 Å². The van der Waals surface area contributed by atoms with E-state index in [1.165, 1.54) is 17.5 Å². The lowest BCUT2D eigenvalue weighted by Crippen LogP contribution is -2.20. The number of nitrogens with zero attached hydrogens (tertiary/aromatic N) is 3. The Bertz CT molecular complexity index is 524. The highest BCUT2D eigenvalue weighted by atomic mass is 35.5. The summed E-state index contributed by atoms with van der Waals surface area (Å²) in [6.45, 7) is 2.09. The molecule has 0 radical (unpaired) electrons. The van der Waals surface area contributed by atoms with Gasteiger partial charge in [-0.25, -0.2) is 0 Å². The Hall–Kier alpha value is -1.35. The molecule has 1 aromatic carbocycles. The van der Waals surface area contributed by atoms with E-state index < -0.39 is 0 Å². The molecule has 2 heterocycles. The van der Waals surface area contributed by atoms with Gasteiger partial charge in [0.2, 0.25) is 0 Å². The average molecular weight is 248 g/mol. The quantitative estimate of drug-likeness (QED) is 0.764. The van der Waals surface area contributed by atoms with Crippen molar-refractivity contribution in [2.45, 2.75) is 6.42 Å². The first-order valence-corrected chi connectivity index (χ1v) is 6.43. The van der Waals surface area contributed by atoms with Crippen LogP contribution in [0.5, 0.6) is 0 Å². The van der Waals surface area contributed by atoms with Gasteiger partial charge in [-0.05, 0) is 18.4 Å². The molecule has 0 spiro atoms. The topological polar surface area (TPSA) is 29.0 Å². The Morgan fingerprint density at radius 3 is 3.06 bits per heavy atom. The van der Waals surface area contributed by atoms with Crippen molar-refractivity contribution in [2.24, 2.45) is 5.92 Å². The molecule has 1 atom stereocenters. The minimum atomic E-state index is 0.601. The predicted octanol–water partition coefficient (Wildman–Crippen LogP) is 2.69.